The number of hydrogen-bond donors (Lipinski definition) is 2. The molecule has 0 atom stereocenters. The summed E-state index contributed by atoms with van der Waals surface area (Å²) in [7, 11) is 1.76. The quantitative estimate of drug-likeness (QED) is 0.430. The van der Waals surface area contributed by atoms with E-state index >= 15 is 0 Å². The first-order chi connectivity index (χ1) is 8.08. The molecule has 1 fully saturated rings. The van der Waals surface area contributed by atoms with Crippen molar-refractivity contribution < 1.29 is 4.74 Å². The van der Waals surface area contributed by atoms with Crippen LogP contribution in [0.15, 0.2) is 4.99 Å². The van der Waals surface area contributed by atoms with E-state index in [4.69, 9.17) is 10.5 Å². The van der Waals surface area contributed by atoms with E-state index in [1.54, 1.807) is 7.11 Å². The number of halogens is 1. The molecule has 4 nitrogen and oxygen atoms in total. The molecule has 1 rings (SSSR count). The van der Waals surface area contributed by atoms with E-state index < -0.39 is 0 Å². The lowest BCUT2D eigenvalue weighted by molar-refractivity contribution is 0.141. The van der Waals surface area contributed by atoms with Gasteiger partial charge in [-0.05, 0) is 38.5 Å². The van der Waals surface area contributed by atoms with E-state index in [1.807, 2.05) is 0 Å². The summed E-state index contributed by atoms with van der Waals surface area (Å²) in [4.78, 5) is 4.50. The van der Waals surface area contributed by atoms with Crippen molar-refractivity contribution in [3.05, 3.63) is 0 Å². The lowest BCUT2D eigenvalue weighted by Gasteiger charge is -2.27. The minimum Gasteiger partial charge on any atom is -0.385 e. The summed E-state index contributed by atoms with van der Waals surface area (Å²) >= 11 is 0. The molecule has 3 N–H and O–H groups in total. The molecule has 0 spiro atoms. The number of hydrogen-bond acceptors (Lipinski definition) is 2. The summed E-state index contributed by atoms with van der Waals surface area (Å²) < 4.78 is 5.20. The molecule has 1 aliphatic rings. The fourth-order valence-electron chi connectivity index (χ4n) is 2.53. The van der Waals surface area contributed by atoms with Crippen LogP contribution in [0.5, 0.6) is 0 Å². The van der Waals surface area contributed by atoms with Gasteiger partial charge in [-0.2, -0.15) is 0 Å². The summed E-state index contributed by atoms with van der Waals surface area (Å²) in [6.07, 6.45) is 6.25. The second kappa shape index (κ2) is 8.96. The molecule has 0 amide bonds. The molecule has 0 aromatic heterocycles. The average Bonchev–Trinajstić information content (AvgIpc) is 2.72. The summed E-state index contributed by atoms with van der Waals surface area (Å²) in [6.45, 7) is 5.80. The molecule has 108 valence electrons. The van der Waals surface area contributed by atoms with Crippen molar-refractivity contribution in [2.45, 2.75) is 52.0 Å². The van der Waals surface area contributed by atoms with Gasteiger partial charge in [0.1, 0.15) is 0 Å². The molecule has 0 unspecified atom stereocenters. The number of methoxy groups -OCH3 is 1. The van der Waals surface area contributed by atoms with Crippen molar-refractivity contribution in [1.82, 2.24) is 5.32 Å². The summed E-state index contributed by atoms with van der Waals surface area (Å²) in [5, 5.41) is 3.14. The van der Waals surface area contributed by atoms with Crippen LogP contribution in [0.3, 0.4) is 0 Å². The first kappa shape index (κ1) is 18.0. The highest BCUT2D eigenvalue weighted by atomic mass is 127. The third kappa shape index (κ3) is 6.22. The van der Waals surface area contributed by atoms with Gasteiger partial charge in [0.05, 0.1) is 0 Å². The maximum atomic E-state index is 5.85. The highest BCUT2D eigenvalue weighted by molar-refractivity contribution is 14.0. The van der Waals surface area contributed by atoms with Crippen LogP contribution < -0.4 is 11.1 Å². The van der Waals surface area contributed by atoms with Gasteiger partial charge < -0.3 is 15.8 Å². The molecule has 1 aliphatic carbocycles. The minimum atomic E-state index is 0. The van der Waals surface area contributed by atoms with E-state index in [0.717, 1.165) is 19.6 Å². The first-order valence-electron chi connectivity index (χ1n) is 6.63. The highest BCUT2D eigenvalue weighted by Crippen LogP contribution is 2.41. The zero-order chi connectivity index (χ0) is 12.7. The van der Waals surface area contributed by atoms with Gasteiger partial charge in [-0.25, -0.2) is 0 Å². The zero-order valence-electron chi connectivity index (χ0n) is 11.9. The number of guanidine groups is 1. The van der Waals surface area contributed by atoms with Gasteiger partial charge >= 0.3 is 0 Å². The number of nitrogens with zero attached hydrogens (tertiary/aromatic N) is 1. The van der Waals surface area contributed by atoms with Gasteiger partial charge in [0.25, 0.3) is 0 Å². The van der Waals surface area contributed by atoms with Gasteiger partial charge in [-0.3, -0.25) is 4.99 Å². The Morgan fingerprint density at radius 3 is 2.50 bits per heavy atom. The SMILES string of the molecule is COCCC1(CN=C(N)NC(C)C)CCCC1.I. The summed E-state index contributed by atoms with van der Waals surface area (Å²) in [5.74, 6) is 0.573. The minimum absolute atomic E-state index is 0. The van der Waals surface area contributed by atoms with Crippen LogP contribution in [-0.4, -0.2) is 32.3 Å². The fourth-order valence-corrected chi connectivity index (χ4v) is 2.53. The second-order valence-electron chi connectivity index (χ2n) is 5.45. The summed E-state index contributed by atoms with van der Waals surface area (Å²) in [5.41, 5.74) is 6.18. The van der Waals surface area contributed by atoms with Crippen LogP contribution in [0.2, 0.25) is 0 Å². The maximum Gasteiger partial charge on any atom is 0.188 e. The molecular weight excluding hydrogens is 341 g/mol. The molecule has 5 heteroatoms. The molecule has 0 aliphatic heterocycles. The van der Waals surface area contributed by atoms with Gasteiger partial charge in [0.2, 0.25) is 0 Å². The lowest BCUT2D eigenvalue weighted by Crippen LogP contribution is -2.38. The molecule has 0 radical (unpaired) electrons. The Labute approximate surface area is 128 Å². The Hall–Kier alpha value is -0.0400. The lowest BCUT2D eigenvalue weighted by atomic mass is 9.83. The number of nitrogens with one attached hydrogen (secondary N) is 1. The summed E-state index contributed by atoms with van der Waals surface area (Å²) in [6, 6.07) is 0.345. The van der Waals surface area contributed by atoms with Crippen molar-refractivity contribution in [3.63, 3.8) is 0 Å². The zero-order valence-corrected chi connectivity index (χ0v) is 14.2. The van der Waals surface area contributed by atoms with Crippen LogP contribution in [0.25, 0.3) is 0 Å². The Bertz CT molecular complexity index is 251. The monoisotopic (exact) mass is 369 g/mol. The van der Waals surface area contributed by atoms with Crippen LogP contribution in [0, 0.1) is 5.41 Å². The van der Waals surface area contributed by atoms with Crippen LogP contribution in [-0.2, 0) is 4.74 Å². The van der Waals surface area contributed by atoms with Crippen molar-refractivity contribution in [3.8, 4) is 0 Å². The van der Waals surface area contributed by atoms with E-state index in [0.29, 0.717) is 17.4 Å². The Kier molecular flexibility index (Phi) is 8.94. The predicted molar refractivity (Wildman–Crippen MR) is 87.6 cm³/mol. The third-order valence-electron chi connectivity index (χ3n) is 3.52. The molecule has 0 bridgehead atoms. The van der Waals surface area contributed by atoms with Crippen molar-refractivity contribution in [1.29, 1.82) is 0 Å². The average molecular weight is 369 g/mol. The smallest absolute Gasteiger partial charge is 0.188 e. The van der Waals surface area contributed by atoms with E-state index in [2.05, 4.69) is 24.2 Å². The molecule has 0 heterocycles. The van der Waals surface area contributed by atoms with E-state index in [-0.39, 0.29) is 24.0 Å². The molecule has 0 saturated heterocycles. The highest BCUT2D eigenvalue weighted by Gasteiger charge is 2.33. The van der Waals surface area contributed by atoms with E-state index in [1.165, 1.54) is 25.7 Å². The number of rotatable bonds is 6. The standard InChI is InChI=1S/C13H27N3O.HI/c1-11(2)16-12(14)15-10-13(8-9-17-3)6-4-5-7-13;/h11H,4-10H2,1-3H3,(H3,14,15,16);1H. The van der Waals surface area contributed by atoms with Gasteiger partial charge in [0.15, 0.2) is 5.96 Å². The van der Waals surface area contributed by atoms with Crippen LogP contribution >= 0.6 is 24.0 Å². The topological polar surface area (TPSA) is 59.6 Å². The first-order valence-corrected chi connectivity index (χ1v) is 6.63. The number of aliphatic imine (C=N–C) groups is 1. The van der Waals surface area contributed by atoms with E-state index in [9.17, 15) is 0 Å². The Morgan fingerprint density at radius 1 is 1.39 bits per heavy atom. The third-order valence-corrected chi connectivity index (χ3v) is 3.52. The van der Waals surface area contributed by atoms with Gasteiger partial charge in [0, 0.05) is 26.3 Å². The van der Waals surface area contributed by atoms with Crippen LogP contribution in [0.1, 0.15) is 46.0 Å². The largest absolute Gasteiger partial charge is 0.385 e. The number of ether oxygens (including phenoxy) is 1. The molecule has 0 aromatic carbocycles. The maximum absolute atomic E-state index is 5.85. The van der Waals surface area contributed by atoms with Crippen LogP contribution in [0.4, 0.5) is 0 Å². The van der Waals surface area contributed by atoms with Gasteiger partial charge in [-0.15, -0.1) is 24.0 Å². The van der Waals surface area contributed by atoms with Gasteiger partial charge in [-0.1, -0.05) is 12.8 Å². The molecular formula is C13H28IN3O. The molecule has 0 aromatic rings. The predicted octanol–water partition coefficient (Wildman–Crippen LogP) is 2.51. The normalized spacial score (nSPS) is 18.8. The van der Waals surface area contributed by atoms with Crippen molar-refractivity contribution >= 4 is 29.9 Å². The molecule has 1 saturated carbocycles. The number of nitrogens with two attached hydrogens (primary N) is 1. The molecule has 18 heavy (non-hydrogen) atoms. The fraction of sp³-hybridized carbons (Fsp3) is 0.923. The van der Waals surface area contributed by atoms with Crippen molar-refractivity contribution in [2.75, 3.05) is 20.3 Å². The Balaban J connectivity index is 0.00000289. The second-order valence-corrected chi connectivity index (χ2v) is 5.45. The Morgan fingerprint density at radius 2 is 2.00 bits per heavy atom. The van der Waals surface area contributed by atoms with Crippen molar-refractivity contribution in [2.24, 2.45) is 16.1 Å².